The van der Waals surface area contributed by atoms with Crippen molar-refractivity contribution >= 4 is 11.9 Å². The summed E-state index contributed by atoms with van der Waals surface area (Å²) in [6.45, 7) is 6.53. The van der Waals surface area contributed by atoms with Gasteiger partial charge in [0.25, 0.3) is 0 Å². The average Bonchev–Trinajstić information content (AvgIpc) is 3.33. The predicted octanol–water partition coefficient (Wildman–Crippen LogP) is 19.2. The van der Waals surface area contributed by atoms with Crippen molar-refractivity contribution in [3.8, 4) is 0 Å². The van der Waals surface area contributed by atoms with Gasteiger partial charge in [0.1, 0.15) is 6.10 Å². The first-order valence-corrected chi connectivity index (χ1v) is 30.9. The summed E-state index contributed by atoms with van der Waals surface area (Å²) in [5.41, 5.74) is 0. The molecular formula is C62H121NO5. The smallest absolute Gasteiger partial charge is 0.306 e. The van der Waals surface area contributed by atoms with Crippen LogP contribution in [-0.2, 0) is 14.3 Å². The molecule has 3 atom stereocenters. The SMILES string of the molecule is CCCCCC/C=C\CCCCCCCC(CC(=O)NC(CO)C(O)CCCCCCCCCCCCCCCCCCC)OC(=O)CCCCCCCCCCCCCCCCCCCCC. The number of nitrogens with one attached hydrogen (secondary N) is 1. The molecule has 0 bridgehead atoms. The molecule has 404 valence electrons. The Bertz CT molecular complexity index is 1030. The molecule has 68 heavy (non-hydrogen) atoms. The van der Waals surface area contributed by atoms with Gasteiger partial charge in [-0.25, -0.2) is 0 Å². The minimum atomic E-state index is -0.786. The van der Waals surface area contributed by atoms with Gasteiger partial charge < -0.3 is 20.3 Å². The van der Waals surface area contributed by atoms with E-state index in [0.29, 0.717) is 19.3 Å². The Labute approximate surface area is 425 Å². The molecule has 0 aliphatic heterocycles. The number of aliphatic hydroxyl groups excluding tert-OH is 2. The maximum atomic E-state index is 13.3. The van der Waals surface area contributed by atoms with E-state index >= 15 is 0 Å². The fourth-order valence-corrected chi connectivity index (χ4v) is 9.90. The fraction of sp³-hybridized carbons (Fsp3) is 0.935. The molecule has 0 saturated heterocycles. The van der Waals surface area contributed by atoms with E-state index < -0.39 is 18.2 Å². The molecule has 3 unspecified atom stereocenters. The number of aliphatic hydroxyl groups is 2. The lowest BCUT2D eigenvalue weighted by Gasteiger charge is -2.24. The zero-order valence-electron chi connectivity index (χ0n) is 46.3. The Hall–Kier alpha value is -1.40. The number of hydrogen-bond acceptors (Lipinski definition) is 5. The highest BCUT2D eigenvalue weighted by atomic mass is 16.5. The third-order valence-electron chi connectivity index (χ3n) is 14.6. The summed E-state index contributed by atoms with van der Waals surface area (Å²) in [5, 5.41) is 23.9. The number of unbranched alkanes of at least 4 members (excludes halogenated alkanes) is 43. The molecule has 0 fully saturated rings. The largest absolute Gasteiger partial charge is 0.462 e. The van der Waals surface area contributed by atoms with Crippen LogP contribution in [0.25, 0.3) is 0 Å². The van der Waals surface area contributed by atoms with Gasteiger partial charge >= 0.3 is 5.97 Å². The van der Waals surface area contributed by atoms with Crippen LogP contribution in [0.1, 0.15) is 348 Å². The highest BCUT2D eigenvalue weighted by molar-refractivity contribution is 5.77. The van der Waals surface area contributed by atoms with Gasteiger partial charge in [0.15, 0.2) is 0 Å². The first-order chi connectivity index (χ1) is 33.5. The standard InChI is InChI=1S/C62H121NO5/c1-4-7-10-13-16-19-22-25-27-29-30-32-34-37-40-43-46-49-52-55-62(67)68-58(53-50-47-44-41-38-35-24-21-18-15-12-9-6-3)56-61(66)63-59(57-64)60(65)54-51-48-45-42-39-36-33-31-28-26-23-20-17-14-11-8-5-2/h21,24,58-60,64-65H,4-20,22-23,25-57H2,1-3H3,(H,63,66)/b24-21-. The number of esters is 1. The number of hydrogen-bond donors (Lipinski definition) is 3. The monoisotopic (exact) mass is 960 g/mol. The zero-order valence-corrected chi connectivity index (χ0v) is 46.3. The fourth-order valence-electron chi connectivity index (χ4n) is 9.90. The van der Waals surface area contributed by atoms with Crippen LogP contribution >= 0.6 is 0 Å². The summed E-state index contributed by atoms with van der Waals surface area (Å²) < 4.78 is 5.97. The van der Waals surface area contributed by atoms with Gasteiger partial charge in [-0.3, -0.25) is 9.59 Å². The quantitative estimate of drug-likeness (QED) is 0.0321. The highest BCUT2D eigenvalue weighted by Crippen LogP contribution is 2.19. The van der Waals surface area contributed by atoms with Gasteiger partial charge in [-0.2, -0.15) is 0 Å². The van der Waals surface area contributed by atoms with Gasteiger partial charge in [0.05, 0.1) is 25.2 Å². The second kappa shape index (κ2) is 56.5. The van der Waals surface area contributed by atoms with E-state index in [1.807, 2.05) is 0 Å². The van der Waals surface area contributed by atoms with E-state index in [1.54, 1.807) is 0 Å². The Balaban J connectivity index is 4.43. The van der Waals surface area contributed by atoms with Crippen LogP contribution in [0.2, 0.25) is 0 Å². The highest BCUT2D eigenvalue weighted by Gasteiger charge is 2.24. The van der Waals surface area contributed by atoms with E-state index in [-0.39, 0.29) is 24.9 Å². The molecule has 0 aromatic heterocycles. The predicted molar refractivity (Wildman–Crippen MR) is 297 cm³/mol. The molecule has 0 aliphatic carbocycles. The topological polar surface area (TPSA) is 95.9 Å². The Morgan fingerprint density at radius 1 is 0.412 bits per heavy atom. The minimum Gasteiger partial charge on any atom is -0.462 e. The summed E-state index contributed by atoms with van der Waals surface area (Å²) in [6.07, 6.45) is 65.7. The van der Waals surface area contributed by atoms with E-state index in [0.717, 1.165) is 57.8 Å². The maximum Gasteiger partial charge on any atom is 0.306 e. The number of amides is 1. The van der Waals surface area contributed by atoms with Crippen molar-refractivity contribution in [1.29, 1.82) is 0 Å². The third kappa shape index (κ3) is 51.0. The first kappa shape index (κ1) is 66.6. The van der Waals surface area contributed by atoms with Crippen molar-refractivity contribution in [3.05, 3.63) is 12.2 Å². The molecule has 6 heteroatoms. The Kier molecular flexibility index (Phi) is 55.3. The van der Waals surface area contributed by atoms with Crippen molar-refractivity contribution < 1.29 is 24.5 Å². The second-order valence-electron chi connectivity index (χ2n) is 21.5. The van der Waals surface area contributed by atoms with Crippen molar-refractivity contribution in [2.24, 2.45) is 0 Å². The van der Waals surface area contributed by atoms with Gasteiger partial charge in [-0.15, -0.1) is 0 Å². The van der Waals surface area contributed by atoms with Crippen LogP contribution in [0, 0.1) is 0 Å². The van der Waals surface area contributed by atoms with Crippen molar-refractivity contribution in [3.63, 3.8) is 0 Å². The summed E-state index contributed by atoms with van der Waals surface area (Å²) in [7, 11) is 0. The molecule has 0 aromatic carbocycles. The Morgan fingerprint density at radius 3 is 1.06 bits per heavy atom. The van der Waals surface area contributed by atoms with Crippen molar-refractivity contribution in [1.82, 2.24) is 5.32 Å². The van der Waals surface area contributed by atoms with Gasteiger partial charge in [0, 0.05) is 6.42 Å². The molecule has 3 N–H and O–H groups in total. The normalized spacial score (nSPS) is 13.1. The number of ether oxygens (including phenoxy) is 1. The molecular weight excluding hydrogens is 839 g/mol. The number of carbonyl (C=O) groups is 2. The number of allylic oxidation sites excluding steroid dienone is 2. The van der Waals surface area contributed by atoms with E-state index in [1.165, 1.54) is 244 Å². The number of carbonyl (C=O) groups excluding carboxylic acids is 2. The van der Waals surface area contributed by atoms with Crippen LogP contribution in [-0.4, -0.2) is 46.9 Å². The minimum absolute atomic E-state index is 0.0797. The van der Waals surface area contributed by atoms with E-state index in [2.05, 4.69) is 38.2 Å². The van der Waals surface area contributed by atoms with Gasteiger partial charge in [-0.05, 0) is 51.4 Å². The van der Waals surface area contributed by atoms with Crippen LogP contribution < -0.4 is 5.32 Å². The van der Waals surface area contributed by atoms with E-state index in [4.69, 9.17) is 4.74 Å². The number of rotatable bonds is 57. The summed E-state index contributed by atoms with van der Waals surface area (Å²) in [5.74, 6) is -0.456. The molecule has 0 aromatic rings. The van der Waals surface area contributed by atoms with Crippen LogP contribution in [0.15, 0.2) is 12.2 Å². The van der Waals surface area contributed by atoms with Crippen LogP contribution in [0.4, 0.5) is 0 Å². The van der Waals surface area contributed by atoms with Crippen molar-refractivity contribution in [2.75, 3.05) is 6.61 Å². The Morgan fingerprint density at radius 2 is 0.706 bits per heavy atom. The lowest BCUT2D eigenvalue weighted by molar-refractivity contribution is -0.151. The second-order valence-corrected chi connectivity index (χ2v) is 21.5. The summed E-state index contributed by atoms with van der Waals surface area (Å²) in [6, 6.07) is -0.699. The maximum absolute atomic E-state index is 13.3. The average molecular weight is 961 g/mol. The molecule has 0 radical (unpaired) electrons. The van der Waals surface area contributed by atoms with Crippen LogP contribution in [0.3, 0.4) is 0 Å². The third-order valence-corrected chi connectivity index (χ3v) is 14.6. The molecule has 1 amide bonds. The summed E-state index contributed by atoms with van der Waals surface area (Å²) >= 11 is 0. The van der Waals surface area contributed by atoms with E-state index in [9.17, 15) is 19.8 Å². The van der Waals surface area contributed by atoms with Crippen LogP contribution in [0.5, 0.6) is 0 Å². The molecule has 0 aliphatic rings. The first-order valence-electron chi connectivity index (χ1n) is 30.9. The lowest BCUT2D eigenvalue weighted by Crippen LogP contribution is -2.46. The lowest BCUT2D eigenvalue weighted by atomic mass is 10.0. The molecule has 0 rings (SSSR count). The molecule has 0 spiro atoms. The van der Waals surface area contributed by atoms with Gasteiger partial charge in [-0.1, -0.05) is 296 Å². The molecule has 6 nitrogen and oxygen atoms in total. The molecule has 0 saturated carbocycles. The van der Waals surface area contributed by atoms with Crippen molar-refractivity contribution in [2.45, 2.75) is 366 Å². The van der Waals surface area contributed by atoms with Gasteiger partial charge in [0.2, 0.25) is 5.91 Å². The summed E-state index contributed by atoms with van der Waals surface area (Å²) in [4.78, 5) is 26.3. The zero-order chi connectivity index (χ0) is 49.5. The molecule has 0 heterocycles.